The van der Waals surface area contributed by atoms with Crippen LogP contribution in [0.4, 0.5) is 4.39 Å². The molecule has 2 aromatic rings. The summed E-state index contributed by atoms with van der Waals surface area (Å²) < 4.78 is 13.4. The minimum atomic E-state index is -0.104. The van der Waals surface area contributed by atoms with Crippen LogP contribution in [-0.4, -0.2) is 0 Å². The van der Waals surface area contributed by atoms with Gasteiger partial charge in [0.2, 0.25) is 0 Å². The molecule has 2 aromatic carbocycles. The molecule has 130 valence electrons. The van der Waals surface area contributed by atoms with Crippen molar-refractivity contribution in [1.82, 2.24) is 0 Å². The fourth-order valence-corrected chi connectivity index (χ4v) is 4.74. The molecule has 0 N–H and O–H groups in total. The molecule has 1 unspecified atom stereocenters. The Hall–Kier alpha value is -1.89. The molecule has 2 aliphatic carbocycles. The largest absolute Gasteiger partial charge is 0.207 e. The van der Waals surface area contributed by atoms with Gasteiger partial charge >= 0.3 is 0 Å². The topological polar surface area (TPSA) is 0 Å². The molecule has 0 aromatic heterocycles. The van der Waals surface area contributed by atoms with E-state index in [1.54, 1.807) is 12.1 Å². The van der Waals surface area contributed by atoms with E-state index in [1.165, 1.54) is 47.9 Å². The summed E-state index contributed by atoms with van der Waals surface area (Å²) in [4.78, 5) is 0. The van der Waals surface area contributed by atoms with E-state index in [9.17, 15) is 4.39 Å². The molecule has 1 saturated carbocycles. The summed E-state index contributed by atoms with van der Waals surface area (Å²) in [5.41, 5.74) is 5.47. The van der Waals surface area contributed by atoms with Gasteiger partial charge in [0.15, 0.2) is 0 Å². The van der Waals surface area contributed by atoms with E-state index < -0.39 is 0 Å². The zero-order valence-corrected chi connectivity index (χ0v) is 14.9. The van der Waals surface area contributed by atoms with Gasteiger partial charge in [-0.1, -0.05) is 36.4 Å². The van der Waals surface area contributed by atoms with E-state index in [4.69, 9.17) is 0 Å². The molecule has 0 bridgehead atoms. The predicted octanol–water partition coefficient (Wildman–Crippen LogP) is 6.56. The third-order valence-electron chi connectivity index (χ3n) is 6.38. The number of aryl methyl sites for hydroxylation is 1. The summed E-state index contributed by atoms with van der Waals surface area (Å²) in [6.45, 7) is 3.95. The molecule has 1 atom stereocenters. The Morgan fingerprint density at radius 1 is 0.800 bits per heavy atom. The van der Waals surface area contributed by atoms with Crippen LogP contribution in [0.25, 0.3) is 0 Å². The fourth-order valence-electron chi connectivity index (χ4n) is 4.74. The van der Waals surface area contributed by atoms with Crippen molar-refractivity contribution >= 4 is 0 Å². The van der Waals surface area contributed by atoms with Crippen LogP contribution in [0, 0.1) is 11.7 Å². The van der Waals surface area contributed by atoms with E-state index in [0.29, 0.717) is 5.92 Å². The molecule has 0 spiro atoms. The van der Waals surface area contributed by atoms with Crippen LogP contribution in [0.1, 0.15) is 66.2 Å². The van der Waals surface area contributed by atoms with Crippen molar-refractivity contribution in [2.75, 3.05) is 0 Å². The molecule has 0 heterocycles. The maximum atomic E-state index is 13.4. The van der Waals surface area contributed by atoms with Crippen LogP contribution in [0.15, 0.2) is 55.1 Å². The summed E-state index contributed by atoms with van der Waals surface area (Å²) in [7, 11) is 0. The van der Waals surface area contributed by atoms with Gasteiger partial charge < -0.3 is 0 Å². The summed E-state index contributed by atoms with van der Waals surface area (Å²) in [6.07, 6.45) is 10.4. The number of benzene rings is 2. The van der Waals surface area contributed by atoms with Crippen LogP contribution in [0.5, 0.6) is 0 Å². The van der Waals surface area contributed by atoms with Gasteiger partial charge in [-0.25, -0.2) is 4.39 Å². The van der Waals surface area contributed by atoms with E-state index in [0.717, 1.165) is 31.1 Å². The number of hydrogen-bond acceptors (Lipinski definition) is 0. The van der Waals surface area contributed by atoms with Crippen molar-refractivity contribution < 1.29 is 4.39 Å². The lowest BCUT2D eigenvalue weighted by Gasteiger charge is -2.28. The Labute approximate surface area is 150 Å². The molecule has 25 heavy (non-hydrogen) atoms. The lowest BCUT2D eigenvalue weighted by molar-refractivity contribution is 0.376. The van der Waals surface area contributed by atoms with Gasteiger partial charge in [0.25, 0.3) is 0 Å². The molecule has 0 radical (unpaired) electrons. The van der Waals surface area contributed by atoms with Crippen molar-refractivity contribution in [2.24, 2.45) is 5.92 Å². The van der Waals surface area contributed by atoms with Crippen LogP contribution in [0.3, 0.4) is 0 Å². The highest BCUT2D eigenvalue weighted by Gasteiger charge is 2.23. The first-order valence-electron chi connectivity index (χ1n) is 9.72. The molecule has 1 heteroatoms. The van der Waals surface area contributed by atoms with E-state index >= 15 is 0 Å². The quantitative estimate of drug-likeness (QED) is 0.558. The Bertz CT molecular complexity index is 735. The normalized spacial score (nSPS) is 26.0. The lowest BCUT2D eigenvalue weighted by atomic mass is 9.77. The van der Waals surface area contributed by atoms with Gasteiger partial charge in [0.1, 0.15) is 5.82 Å². The third kappa shape index (κ3) is 3.56. The minimum Gasteiger partial charge on any atom is -0.207 e. The van der Waals surface area contributed by atoms with E-state index in [2.05, 4.69) is 36.9 Å². The first kappa shape index (κ1) is 16.6. The van der Waals surface area contributed by atoms with Gasteiger partial charge in [-0.3, -0.25) is 0 Å². The second kappa shape index (κ2) is 7.15. The van der Waals surface area contributed by atoms with Crippen LogP contribution < -0.4 is 0 Å². The maximum absolute atomic E-state index is 13.4. The highest BCUT2D eigenvalue weighted by molar-refractivity contribution is 5.35. The second-order valence-electron chi connectivity index (χ2n) is 7.87. The summed E-state index contributed by atoms with van der Waals surface area (Å²) in [5, 5.41) is 0. The van der Waals surface area contributed by atoms with Crippen molar-refractivity contribution in [3.63, 3.8) is 0 Å². The molecule has 1 fully saturated rings. The molecule has 0 nitrogen and oxygen atoms in total. The Balaban J connectivity index is 1.44. The molecular weight excluding hydrogens is 307 g/mol. The van der Waals surface area contributed by atoms with Gasteiger partial charge in [-0.05, 0) is 97.1 Å². The van der Waals surface area contributed by atoms with Crippen molar-refractivity contribution in [3.05, 3.63) is 83.2 Å². The molecule has 0 saturated heterocycles. The number of allylic oxidation sites excluding steroid dienone is 1. The van der Waals surface area contributed by atoms with Crippen molar-refractivity contribution in [1.29, 1.82) is 0 Å². The monoisotopic (exact) mass is 334 g/mol. The van der Waals surface area contributed by atoms with E-state index in [1.807, 2.05) is 6.07 Å². The smallest absolute Gasteiger partial charge is 0.123 e. The summed E-state index contributed by atoms with van der Waals surface area (Å²) in [6, 6.07) is 14.7. The van der Waals surface area contributed by atoms with Crippen LogP contribution in [-0.2, 0) is 12.8 Å². The highest BCUT2D eigenvalue weighted by atomic mass is 19.1. The molecule has 2 aliphatic rings. The average Bonchev–Trinajstić information content (AvgIpc) is 2.68. The summed E-state index contributed by atoms with van der Waals surface area (Å²) in [5.74, 6) is 1.92. The zero-order chi connectivity index (χ0) is 17.2. The first-order valence-corrected chi connectivity index (χ1v) is 9.72. The number of rotatable bonds is 3. The number of fused-ring (bicyclic) bond motifs is 1. The average molecular weight is 334 g/mol. The minimum absolute atomic E-state index is 0.104. The van der Waals surface area contributed by atoms with Crippen molar-refractivity contribution in [3.8, 4) is 0 Å². The fraction of sp³-hybridized carbons (Fsp3) is 0.417. The Kier molecular flexibility index (Phi) is 4.74. The van der Waals surface area contributed by atoms with Crippen molar-refractivity contribution in [2.45, 2.75) is 56.8 Å². The van der Waals surface area contributed by atoms with Gasteiger partial charge in [-0.15, -0.1) is 6.58 Å². The second-order valence-corrected chi connectivity index (χ2v) is 7.87. The standard InChI is InChI=1S/C24H27F/c1-2-17-3-5-18(6-4-17)19-7-9-20(10-8-19)21-11-12-23-16-24(25)14-13-22(23)15-21/h2,7-10,13-14,16-18,21H,1,3-6,11-12,15H2. The first-order chi connectivity index (χ1) is 12.2. The third-order valence-corrected chi connectivity index (χ3v) is 6.38. The Morgan fingerprint density at radius 3 is 2.16 bits per heavy atom. The SMILES string of the molecule is C=CC1CCC(c2ccc(C3CCc4cc(F)ccc4C3)cc2)CC1. The molecular formula is C24H27F. The van der Waals surface area contributed by atoms with Gasteiger partial charge in [-0.2, -0.15) is 0 Å². The maximum Gasteiger partial charge on any atom is 0.123 e. The van der Waals surface area contributed by atoms with Gasteiger partial charge in [0.05, 0.1) is 0 Å². The lowest BCUT2D eigenvalue weighted by Crippen LogP contribution is -2.14. The predicted molar refractivity (Wildman–Crippen MR) is 103 cm³/mol. The Morgan fingerprint density at radius 2 is 1.48 bits per heavy atom. The highest BCUT2D eigenvalue weighted by Crippen LogP contribution is 2.38. The molecule has 4 rings (SSSR count). The zero-order valence-electron chi connectivity index (χ0n) is 14.9. The van der Waals surface area contributed by atoms with Gasteiger partial charge in [0, 0.05) is 0 Å². The van der Waals surface area contributed by atoms with Crippen LogP contribution >= 0.6 is 0 Å². The summed E-state index contributed by atoms with van der Waals surface area (Å²) >= 11 is 0. The van der Waals surface area contributed by atoms with E-state index in [-0.39, 0.29) is 5.82 Å². The molecule has 0 aliphatic heterocycles. The number of halogens is 1. The van der Waals surface area contributed by atoms with Crippen LogP contribution in [0.2, 0.25) is 0 Å². The number of hydrogen-bond donors (Lipinski definition) is 0. The molecule has 0 amide bonds.